The topological polar surface area (TPSA) is 37.4 Å². The van der Waals surface area contributed by atoms with E-state index in [4.69, 9.17) is 0 Å². The second-order valence-corrected chi connectivity index (χ2v) is 4.31. The summed E-state index contributed by atoms with van der Waals surface area (Å²) < 4.78 is 0. The molecule has 0 bridgehead atoms. The number of nitrogens with zero attached hydrogens (tertiary/aromatic N) is 1. The summed E-state index contributed by atoms with van der Waals surface area (Å²) in [6.07, 6.45) is 1.54. The number of likely N-dealkylation sites (tertiary alicyclic amines) is 1. The van der Waals surface area contributed by atoms with Crippen molar-refractivity contribution >= 4 is 11.8 Å². The minimum absolute atomic E-state index is 0.0510. The van der Waals surface area contributed by atoms with Crippen LogP contribution in [-0.4, -0.2) is 23.3 Å². The quantitative estimate of drug-likeness (QED) is 0.478. The molecular weight excluding hydrogens is 166 g/mol. The highest BCUT2D eigenvalue weighted by molar-refractivity contribution is 5.98. The van der Waals surface area contributed by atoms with Crippen LogP contribution in [0.1, 0.15) is 33.1 Å². The van der Waals surface area contributed by atoms with Gasteiger partial charge in [0.25, 0.3) is 0 Å². The lowest BCUT2D eigenvalue weighted by atomic mass is 9.82. The van der Waals surface area contributed by atoms with Crippen molar-refractivity contribution in [2.75, 3.05) is 6.54 Å². The molecule has 0 atom stereocenters. The largest absolute Gasteiger partial charge is 0.342 e. The van der Waals surface area contributed by atoms with Crippen LogP contribution in [0.5, 0.6) is 0 Å². The summed E-state index contributed by atoms with van der Waals surface area (Å²) in [5, 5.41) is 0. The average molecular weight is 182 g/mol. The van der Waals surface area contributed by atoms with E-state index in [-0.39, 0.29) is 17.2 Å². The van der Waals surface area contributed by atoms with Crippen molar-refractivity contribution in [3.05, 3.63) is 6.92 Å². The van der Waals surface area contributed by atoms with Gasteiger partial charge in [0.15, 0.2) is 0 Å². The molecule has 0 unspecified atom stereocenters. The van der Waals surface area contributed by atoms with Crippen LogP contribution in [0.2, 0.25) is 0 Å². The number of hydrogen-bond acceptors (Lipinski definition) is 2. The normalized spacial score (nSPS) is 22.2. The third kappa shape index (κ3) is 2.29. The maximum atomic E-state index is 11.5. The molecule has 0 N–H and O–H groups in total. The molecule has 13 heavy (non-hydrogen) atoms. The lowest BCUT2D eigenvalue weighted by Gasteiger charge is -2.35. The van der Waals surface area contributed by atoms with Crippen LogP contribution in [0.3, 0.4) is 0 Å². The maximum Gasteiger partial charge on any atom is 0.229 e. The Morgan fingerprint density at radius 2 is 1.77 bits per heavy atom. The van der Waals surface area contributed by atoms with Gasteiger partial charge in [-0.2, -0.15) is 6.42 Å². The molecular formula is C10H16NO2-. The first-order valence-electron chi connectivity index (χ1n) is 4.59. The molecule has 1 saturated heterocycles. The van der Waals surface area contributed by atoms with Crippen LogP contribution in [0.15, 0.2) is 0 Å². The van der Waals surface area contributed by atoms with Crippen LogP contribution < -0.4 is 0 Å². The molecule has 1 aliphatic heterocycles. The number of carbonyl (C=O) groups excluding carboxylic acids is 2. The number of rotatable bonds is 2. The fourth-order valence-corrected chi connectivity index (χ4v) is 1.62. The smallest absolute Gasteiger partial charge is 0.229 e. The Morgan fingerprint density at radius 1 is 1.31 bits per heavy atom. The van der Waals surface area contributed by atoms with E-state index in [1.54, 1.807) is 0 Å². The van der Waals surface area contributed by atoms with Gasteiger partial charge in [0, 0.05) is 19.4 Å². The van der Waals surface area contributed by atoms with Gasteiger partial charge in [-0.25, -0.2) is 0 Å². The van der Waals surface area contributed by atoms with Gasteiger partial charge in [0.2, 0.25) is 11.8 Å². The Labute approximate surface area is 79.1 Å². The summed E-state index contributed by atoms with van der Waals surface area (Å²) in [5.41, 5.74) is -0.161. The summed E-state index contributed by atoms with van der Waals surface area (Å²) in [5.74, 6) is -0.102. The van der Waals surface area contributed by atoms with Crippen LogP contribution >= 0.6 is 0 Å². The predicted octanol–water partition coefficient (Wildman–Crippen LogP) is 1.39. The number of piperidine rings is 1. The summed E-state index contributed by atoms with van der Waals surface area (Å²) in [6.45, 7) is 8.00. The minimum atomic E-state index is -0.161. The van der Waals surface area contributed by atoms with Crippen LogP contribution in [-0.2, 0) is 9.59 Å². The van der Waals surface area contributed by atoms with E-state index in [1.165, 1.54) is 4.90 Å². The van der Waals surface area contributed by atoms with Crippen molar-refractivity contribution in [3.63, 3.8) is 0 Å². The lowest BCUT2D eigenvalue weighted by Crippen LogP contribution is -2.46. The Hall–Kier alpha value is -0.860. The standard InChI is InChI=1S/C10H16NO2/c1-4-5-11-8(12)6-10(2,3)7-9(11)13/h1,4-7H2,2-3H3/q-1. The van der Waals surface area contributed by atoms with Crippen LogP contribution in [0.4, 0.5) is 0 Å². The van der Waals surface area contributed by atoms with Gasteiger partial charge >= 0.3 is 0 Å². The molecule has 1 rings (SSSR count). The predicted molar refractivity (Wildman–Crippen MR) is 49.7 cm³/mol. The second kappa shape index (κ2) is 3.48. The first-order chi connectivity index (χ1) is 5.96. The maximum absolute atomic E-state index is 11.5. The van der Waals surface area contributed by atoms with Crippen molar-refractivity contribution in [2.24, 2.45) is 5.41 Å². The zero-order valence-electron chi connectivity index (χ0n) is 8.30. The van der Waals surface area contributed by atoms with Gasteiger partial charge < -0.3 is 6.92 Å². The highest BCUT2D eigenvalue weighted by Gasteiger charge is 2.36. The summed E-state index contributed by atoms with van der Waals surface area (Å²) in [7, 11) is 0. The van der Waals surface area contributed by atoms with Crippen molar-refractivity contribution < 1.29 is 9.59 Å². The van der Waals surface area contributed by atoms with Crippen LogP contribution in [0.25, 0.3) is 0 Å². The molecule has 0 saturated carbocycles. The highest BCUT2D eigenvalue weighted by atomic mass is 16.2. The Bertz CT molecular complexity index is 213. The Kier molecular flexibility index (Phi) is 2.74. The molecule has 3 heteroatoms. The van der Waals surface area contributed by atoms with E-state index >= 15 is 0 Å². The number of carbonyl (C=O) groups is 2. The molecule has 74 valence electrons. The molecule has 0 aromatic rings. The molecule has 0 aromatic carbocycles. The second-order valence-electron chi connectivity index (χ2n) is 4.31. The number of hydrogen-bond donors (Lipinski definition) is 0. The average Bonchev–Trinajstić information content (AvgIpc) is 1.94. The van der Waals surface area contributed by atoms with Crippen molar-refractivity contribution in [1.29, 1.82) is 0 Å². The molecule has 0 aliphatic carbocycles. The van der Waals surface area contributed by atoms with E-state index in [9.17, 15) is 9.59 Å². The van der Waals surface area contributed by atoms with E-state index < -0.39 is 0 Å². The Morgan fingerprint density at radius 3 is 2.15 bits per heavy atom. The molecule has 0 radical (unpaired) electrons. The van der Waals surface area contributed by atoms with Gasteiger partial charge in [-0.15, -0.1) is 0 Å². The highest BCUT2D eigenvalue weighted by Crippen LogP contribution is 2.31. The van der Waals surface area contributed by atoms with Gasteiger partial charge in [0.1, 0.15) is 0 Å². The third-order valence-corrected chi connectivity index (χ3v) is 2.24. The van der Waals surface area contributed by atoms with Crippen molar-refractivity contribution in [2.45, 2.75) is 33.1 Å². The monoisotopic (exact) mass is 182 g/mol. The number of imide groups is 1. The van der Waals surface area contributed by atoms with Gasteiger partial charge in [0.05, 0.1) is 0 Å². The third-order valence-electron chi connectivity index (χ3n) is 2.24. The fourth-order valence-electron chi connectivity index (χ4n) is 1.62. The van der Waals surface area contributed by atoms with E-state index in [0.717, 1.165) is 0 Å². The Balaban J connectivity index is 2.71. The minimum Gasteiger partial charge on any atom is -0.342 e. The molecule has 3 nitrogen and oxygen atoms in total. The van der Waals surface area contributed by atoms with Gasteiger partial charge in [-0.1, -0.05) is 13.8 Å². The molecule has 2 amide bonds. The fraction of sp³-hybridized carbons (Fsp3) is 0.700. The molecule has 1 aliphatic rings. The lowest BCUT2D eigenvalue weighted by molar-refractivity contribution is -0.152. The van der Waals surface area contributed by atoms with Crippen LogP contribution in [0, 0.1) is 12.3 Å². The summed E-state index contributed by atoms with van der Waals surface area (Å²) >= 11 is 0. The zero-order valence-corrected chi connectivity index (χ0v) is 8.30. The van der Waals surface area contributed by atoms with Gasteiger partial charge in [-0.05, 0) is 5.41 Å². The SMILES string of the molecule is [CH2-]CCN1C(=O)CC(C)(C)CC1=O. The van der Waals surface area contributed by atoms with E-state index in [1.807, 2.05) is 13.8 Å². The van der Waals surface area contributed by atoms with E-state index in [0.29, 0.717) is 25.8 Å². The molecule has 1 fully saturated rings. The first kappa shape index (κ1) is 10.2. The molecule has 1 heterocycles. The zero-order chi connectivity index (χ0) is 10.1. The summed E-state index contributed by atoms with van der Waals surface area (Å²) in [4.78, 5) is 24.3. The van der Waals surface area contributed by atoms with Crippen molar-refractivity contribution in [1.82, 2.24) is 4.90 Å². The number of amides is 2. The van der Waals surface area contributed by atoms with Crippen molar-refractivity contribution in [3.8, 4) is 0 Å². The molecule has 0 aromatic heterocycles. The van der Waals surface area contributed by atoms with Gasteiger partial charge in [-0.3, -0.25) is 14.5 Å². The van der Waals surface area contributed by atoms with E-state index in [2.05, 4.69) is 6.92 Å². The summed E-state index contributed by atoms with van der Waals surface area (Å²) in [6, 6.07) is 0. The molecule has 0 spiro atoms. The first-order valence-corrected chi connectivity index (χ1v) is 4.59.